The molecular formula is C48H45BN2O. The molecule has 4 heterocycles. The van der Waals surface area contributed by atoms with E-state index in [4.69, 9.17) is 4.42 Å². The fraction of sp³-hybridized carbons (Fsp3) is 0.250. The number of para-hydroxylation sites is 4. The Labute approximate surface area is 307 Å². The molecule has 4 heteroatoms. The first-order valence-electron chi connectivity index (χ1n) is 18.8. The van der Waals surface area contributed by atoms with Crippen LogP contribution in [-0.4, -0.2) is 11.3 Å². The van der Waals surface area contributed by atoms with E-state index in [2.05, 4.69) is 181 Å². The monoisotopic (exact) mass is 676 g/mol. The van der Waals surface area contributed by atoms with Crippen LogP contribution in [0.5, 0.6) is 0 Å². The summed E-state index contributed by atoms with van der Waals surface area (Å²) in [7, 11) is 0. The highest BCUT2D eigenvalue weighted by molar-refractivity contribution is 6.90. The maximum Gasteiger partial charge on any atom is 0.333 e. The third-order valence-corrected chi connectivity index (χ3v) is 11.8. The van der Waals surface area contributed by atoms with E-state index in [1.165, 1.54) is 88.4 Å². The summed E-state index contributed by atoms with van der Waals surface area (Å²) in [6.45, 7) is 21.1. The smallest absolute Gasteiger partial charge is 0.333 e. The molecule has 0 radical (unpaired) electrons. The lowest BCUT2D eigenvalue weighted by Gasteiger charge is -2.43. The van der Waals surface area contributed by atoms with Gasteiger partial charge in [-0.3, -0.25) is 0 Å². The summed E-state index contributed by atoms with van der Waals surface area (Å²) in [6.07, 6.45) is 0. The third-order valence-electron chi connectivity index (χ3n) is 11.8. The summed E-state index contributed by atoms with van der Waals surface area (Å²) in [5, 5.41) is 4.97. The maximum absolute atomic E-state index is 6.86. The van der Waals surface area contributed by atoms with Crippen molar-refractivity contribution in [2.45, 2.75) is 78.6 Å². The molecule has 2 aliphatic heterocycles. The van der Waals surface area contributed by atoms with Gasteiger partial charge in [0.05, 0.1) is 0 Å². The number of nitrogens with zero attached hydrogens (tertiary/aromatic N) is 2. The van der Waals surface area contributed by atoms with Crippen LogP contribution in [-0.2, 0) is 16.2 Å². The fourth-order valence-electron chi connectivity index (χ4n) is 9.21. The first-order chi connectivity index (χ1) is 24.7. The fourth-order valence-corrected chi connectivity index (χ4v) is 9.21. The molecule has 2 aliphatic rings. The Morgan fingerprint density at radius 2 is 1.23 bits per heavy atom. The normalized spacial score (nSPS) is 14.2. The van der Waals surface area contributed by atoms with E-state index in [9.17, 15) is 0 Å². The van der Waals surface area contributed by atoms with Crippen LogP contribution in [0.2, 0.25) is 0 Å². The van der Waals surface area contributed by atoms with Crippen LogP contribution in [0.4, 0.5) is 17.1 Å². The molecule has 0 fully saturated rings. The quantitative estimate of drug-likeness (QED) is 0.161. The van der Waals surface area contributed by atoms with Crippen LogP contribution < -0.4 is 15.8 Å². The van der Waals surface area contributed by atoms with Crippen LogP contribution in [0.25, 0.3) is 54.9 Å². The Hall–Kier alpha value is -5.22. The molecule has 0 unspecified atom stereocenters. The van der Waals surface area contributed by atoms with Crippen LogP contribution in [0.15, 0.2) is 114 Å². The molecule has 6 aromatic carbocycles. The van der Waals surface area contributed by atoms with Gasteiger partial charge in [0.2, 0.25) is 0 Å². The zero-order chi connectivity index (χ0) is 36.1. The highest BCUT2D eigenvalue weighted by atomic mass is 16.3. The van der Waals surface area contributed by atoms with Crippen molar-refractivity contribution in [3.8, 4) is 11.1 Å². The molecular weight excluding hydrogens is 631 g/mol. The molecule has 0 saturated carbocycles. The highest BCUT2D eigenvalue weighted by Gasteiger charge is 2.45. The van der Waals surface area contributed by atoms with Crippen LogP contribution in [0, 0.1) is 0 Å². The molecule has 0 aliphatic carbocycles. The minimum Gasteiger partial charge on any atom is -0.456 e. The summed E-state index contributed by atoms with van der Waals surface area (Å²) in [5.41, 5.74) is 17.2. The van der Waals surface area contributed by atoms with Gasteiger partial charge in [-0.1, -0.05) is 141 Å². The second kappa shape index (κ2) is 10.2. The number of benzene rings is 6. The SMILES string of the molecule is CC(C)(C)c1cc(N2c3cc4oc5ccccc5c4c4c3B(c3cccc(C(C)(C)C)c32)n2c3ccccc3c3cccc-4c32)cc(C(C)(C)C)c1. The van der Waals surface area contributed by atoms with Crippen molar-refractivity contribution < 1.29 is 4.42 Å². The highest BCUT2D eigenvalue weighted by Crippen LogP contribution is 2.51. The summed E-state index contributed by atoms with van der Waals surface area (Å²) >= 11 is 0. The van der Waals surface area contributed by atoms with E-state index in [1.807, 2.05) is 0 Å². The van der Waals surface area contributed by atoms with Gasteiger partial charge in [0.25, 0.3) is 0 Å². The molecule has 8 aromatic rings. The molecule has 0 amide bonds. The molecule has 10 rings (SSSR count). The Morgan fingerprint density at radius 1 is 0.577 bits per heavy atom. The number of fused-ring (bicyclic) bond motifs is 11. The Balaban J connectivity index is 1.45. The second-order valence-electron chi connectivity index (χ2n) is 18.2. The third kappa shape index (κ3) is 4.21. The molecule has 52 heavy (non-hydrogen) atoms. The topological polar surface area (TPSA) is 21.3 Å². The number of furan rings is 1. The van der Waals surface area contributed by atoms with Gasteiger partial charge in [-0.15, -0.1) is 0 Å². The lowest BCUT2D eigenvalue weighted by atomic mass is 9.44. The number of aromatic nitrogens is 1. The van der Waals surface area contributed by atoms with E-state index < -0.39 is 0 Å². The van der Waals surface area contributed by atoms with Gasteiger partial charge in [0, 0.05) is 61.3 Å². The zero-order valence-electron chi connectivity index (χ0n) is 31.8. The molecule has 0 atom stereocenters. The van der Waals surface area contributed by atoms with Crippen molar-refractivity contribution in [3.05, 3.63) is 126 Å². The second-order valence-corrected chi connectivity index (χ2v) is 18.2. The van der Waals surface area contributed by atoms with Crippen molar-refractivity contribution in [1.82, 2.24) is 4.48 Å². The molecule has 0 saturated heterocycles. The van der Waals surface area contributed by atoms with Crippen LogP contribution in [0.1, 0.15) is 79.0 Å². The molecule has 256 valence electrons. The number of anilines is 3. The molecule has 0 spiro atoms. The van der Waals surface area contributed by atoms with E-state index in [0.717, 1.165) is 11.2 Å². The summed E-state index contributed by atoms with van der Waals surface area (Å²) in [5.74, 6) is 0. The largest absolute Gasteiger partial charge is 0.456 e. The Morgan fingerprint density at radius 3 is 1.94 bits per heavy atom. The van der Waals surface area contributed by atoms with E-state index in [1.54, 1.807) is 0 Å². The Kier molecular flexibility index (Phi) is 6.19. The van der Waals surface area contributed by atoms with Crippen LogP contribution in [0.3, 0.4) is 0 Å². The average molecular weight is 677 g/mol. The van der Waals surface area contributed by atoms with Gasteiger partial charge in [0.1, 0.15) is 11.2 Å². The number of rotatable bonds is 1. The minimum atomic E-state index is -0.109. The minimum absolute atomic E-state index is 0.0261. The van der Waals surface area contributed by atoms with Gasteiger partial charge < -0.3 is 13.8 Å². The number of hydrogen-bond acceptors (Lipinski definition) is 2. The van der Waals surface area contributed by atoms with Crippen molar-refractivity contribution >= 4 is 78.6 Å². The van der Waals surface area contributed by atoms with Gasteiger partial charge >= 0.3 is 6.85 Å². The van der Waals surface area contributed by atoms with Gasteiger partial charge in [-0.25, -0.2) is 0 Å². The van der Waals surface area contributed by atoms with E-state index in [-0.39, 0.29) is 23.1 Å². The van der Waals surface area contributed by atoms with Gasteiger partial charge in [-0.2, -0.15) is 0 Å². The predicted octanol–water partition coefficient (Wildman–Crippen LogP) is 12.0. The van der Waals surface area contributed by atoms with Crippen molar-refractivity contribution in [1.29, 1.82) is 0 Å². The molecule has 0 bridgehead atoms. The first kappa shape index (κ1) is 31.5. The summed E-state index contributed by atoms with van der Waals surface area (Å²) in [6, 6.07) is 41.2. The van der Waals surface area contributed by atoms with Gasteiger partial charge in [-0.05, 0) is 73.7 Å². The lowest BCUT2D eigenvalue weighted by Crippen LogP contribution is -2.57. The predicted molar refractivity (Wildman–Crippen MR) is 223 cm³/mol. The van der Waals surface area contributed by atoms with Crippen molar-refractivity contribution in [3.63, 3.8) is 0 Å². The van der Waals surface area contributed by atoms with Crippen molar-refractivity contribution in [2.24, 2.45) is 0 Å². The van der Waals surface area contributed by atoms with E-state index >= 15 is 0 Å². The van der Waals surface area contributed by atoms with Gasteiger partial charge in [0.15, 0.2) is 0 Å². The molecule has 0 N–H and O–H groups in total. The standard InChI is InChI=1S/C48H45BN2O/c1-46(2,3)28-24-29(47(4,5)6)26-30(25-28)50-38-27-40-41(33-17-11-13-23-39(33)52-40)42-34-19-14-18-32-31-16-10-12-22-37(31)51(44(32)34)49(43(38)42)36-21-15-20-35(45(36)50)48(7,8)9/h10-27H,1-9H3. The summed E-state index contributed by atoms with van der Waals surface area (Å²) in [4.78, 5) is 2.61. The first-order valence-corrected chi connectivity index (χ1v) is 18.8. The van der Waals surface area contributed by atoms with Crippen molar-refractivity contribution in [2.75, 3.05) is 4.90 Å². The number of hydrogen-bond donors (Lipinski definition) is 0. The lowest BCUT2D eigenvalue weighted by molar-refractivity contribution is 0.568. The van der Waals surface area contributed by atoms with E-state index in [0.29, 0.717) is 0 Å². The van der Waals surface area contributed by atoms with Crippen LogP contribution >= 0.6 is 0 Å². The summed E-state index contributed by atoms with van der Waals surface area (Å²) < 4.78 is 9.52. The molecule has 3 nitrogen and oxygen atoms in total. The zero-order valence-corrected chi connectivity index (χ0v) is 31.8. The Bertz CT molecular complexity index is 2780. The maximum atomic E-state index is 6.86. The average Bonchev–Trinajstić information content (AvgIpc) is 3.64. The molecule has 2 aromatic heterocycles.